The Bertz CT molecular complexity index is 453. The van der Waals surface area contributed by atoms with Crippen LogP contribution in [0.4, 0.5) is 26.3 Å². The third kappa shape index (κ3) is 7.90. The first-order valence-electron chi connectivity index (χ1n) is 10.3. The Morgan fingerprint density at radius 3 is 1.48 bits per heavy atom. The molecule has 2 saturated carbocycles. The summed E-state index contributed by atoms with van der Waals surface area (Å²) in [4.78, 5) is 0. The Morgan fingerprint density at radius 1 is 0.690 bits per heavy atom. The molecular formula is C20H34F6O3. The van der Waals surface area contributed by atoms with E-state index in [0.29, 0.717) is 25.2 Å². The Kier molecular flexibility index (Phi) is 10.2. The minimum atomic E-state index is -3.33. The SMILES string of the molecule is CCOC(F)(F)C1CCCC(C)C1.COC(F)(F)C1CCCC(C(F)(F)OC)C1. The van der Waals surface area contributed by atoms with E-state index in [0.717, 1.165) is 27.1 Å². The normalized spacial score (nSPS) is 29.2. The van der Waals surface area contributed by atoms with Crippen molar-refractivity contribution in [2.24, 2.45) is 23.7 Å². The molecule has 29 heavy (non-hydrogen) atoms. The topological polar surface area (TPSA) is 27.7 Å². The van der Waals surface area contributed by atoms with Crippen LogP contribution in [0.25, 0.3) is 0 Å². The molecule has 0 aromatic carbocycles. The summed E-state index contributed by atoms with van der Waals surface area (Å²) in [5.41, 5.74) is 0. The maximum Gasteiger partial charge on any atom is 0.358 e. The molecule has 0 N–H and O–H groups in total. The highest BCUT2D eigenvalue weighted by atomic mass is 19.3. The molecule has 0 amide bonds. The van der Waals surface area contributed by atoms with E-state index in [1.807, 2.05) is 6.92 Å². The van der Waals surface area contributed by atoms with Gasteiger partial charge in [0.05, 0.1) is 24.4 Å². The van der Waals surface area contributed by atoms with Gasteiger partial charge in [0, 0.05) is 14.2 Å². The van der Waals surface area contributed by atoms with Crippen LogP contribution in [0, 0.1) is 23.7 Å². The average molecular weight is 436 g/mol. The quantitative estimate of drug-likeness (QED) is 0.415. The molecule has 0 aromatic rings. The molecule has 3 nitrogen and oxygen atoms in total. The fourth-order valence-corrected chi connectivity index (χ4v) is 4.18. The molecule has 0 aliphatic heterocycles. The third-order valence-electron chi connectivity index (χ3n) is 5.92. The van der Waals surface area contributed by atoms with Crippen LogP contribution in [0.3, 0.4) is 0 Å². The van der Waals surface area contributed by atoms with Gasteiger partial charge in [0.25, 0.3) is 0 Å². The van der Waals surface area contributed by atoms with Crippen molar-refractivity contribution >= 4 is 0 Å². The number of hydrogen-bond acceptors (Lipinski definition) is 3. The van der Waals surface area contributed by atoms with Gasteiger partial charge < -0.3 is 14.2 Å². The number of rotatable bonds is 7. The van der Waals surface area contributed by atoms with Gasteiger partial charge in [-0.05, 0) is 44.9 Å². The minimum absolute atomic E-state index is 0.0951. The van der Waals surface area contributed by atoms with E-state index in [1.54, 1.807) is 6.92 Å². The maximum absolute atomic E-state index is 13.3. The monoisotopic (exact) mass is 436 g/mol. The van der Waals surface area contributed by atoms with Crippen molar-refractivity contribution in [2.75, 3.05) is 20.8 Å². The highest BCUT2D eigenvalue weighted by Crippen LogP contribution is 2.45. The predicted molar refractivity (Wildman–Crippen MR) is 97.1 cm³/mol. The van der Waals surface area contributed by atoms with Gasteiger partial charge in [-0.15, -0.1) is 0 Å². The molecule has 0 saturated heterocycles. The number of methoxy groups -OCH3 is 2. The molecule has 0 heterocycles. The molecular weight excluding hydrogens is 402 g/mol. The molecule has 2 aliphatic rings. The zero-order chi connectivity index (χ0) is 22.3. The molecule has 4 atom stereocenters. The lowest BCUT2D eigenvalue weighted by atomic mass is 9.80. The standard InChI is InChI=1S/C10H16F4O2.C10H18F2O/c1-15-9(11,12)7-4-3-5-8(6-7)10(13,14)16-2;1-3-13-10(11,12)9-6-4-5-8(2)7-9/h7-8H,3-6H2,1-2H3;8-9H,3-7H2,1-2H3. The Morgan fingerprint density at radius 2 is 1.10 bits per heavy atom. The van der Waals surface area contributed by atoms with Crippen LogP contribution >= 0.6 is 0 Å². The fourth-order valence-electron chi connectivity index (χ4n) is 4.18. The second-order valence-corrected chi connectivity index (χ2v) is 8.06. The van der Waals surface area contributed by atoms with Crippen LogP contribution in [0.1, 0.15) is 65.2 Å². The third-order valence-corrected chi connectivity index (χ3v) is 5.92. The molecule has 2 aliphatic carbocycles. The Hall–Kier alpha value is -0.540. The number of ether oxygens (including phenoxy) is 3. The van der Waals surface area contributed by atoms with E-state index < -0.39 is 36.1 Å². The first-order valence-corrected chi connectivity index (χ1v) is 10.3. The van der Waals surface area contributed by atoms with Crippen LogP contribution in [0.2, 0.25) is 0 Å². The van der Waals surface area contributed by atoms with Crippen LogP contribution in [-0.4, -0.2) is 39.2 Å². The van der Waals surface area contributed by atoms with Gasteiger partial charge in [-0.3, -0.25) is 0 Å². The molecule has 4 unspecified atom stereocenters. The van der Waals surface area contributed by atoms with Gasteiger partial charge in [-0.2, -0.15) is 26.3 Å². The van der Waals surface area contributed by atoms with Crippen molar-refractivity contribution in [3.63, 3.8) is 0 Å². The minimum Gasteiger partial charge on any atom is -0.324 e. The second-order valence-electron chi connectivity index (χ2n) is 8.06. The van der Waals surface area contributed by atoms with Gasteiger partial charge in [-0.25, -0.2) is 0 Å². The van der Waals surface area contributed by atoms with Gasteiger partial charge in [0.15, 0.2) is 0 Å². The summed E-state index contributed by atoms with van der Waals surface area (Å²) in [5, 5.41) is 0. The van der Waals surface area contributed by atoms with Crippen LogP contribution in [0.5, 0.6) is 0 Å². The summed E-state index contributed by atoms with van der Waals surface area (Å²) in [6.45, 7) is 3.74. The van der Waals surface area contributed by atoms with Gasteiger partial charge in [-0.1, -0.05) is 26.2 Å². The van der Waals surface area contributed by atoms with Crippen molar-refractivity contribution in [2.45, 2.75) is 83.5 Å². The van der Waals surface area contributed by atoms with Gasteiger partial charge in [0.2, 0.25) is 0 Å². The van der Waals surface area contributed by atoms with E-state index in [2.05, 4.69) is 14.2 Å². The van der Waals surface area contributed by atoms with Gasteiger partial charge in [0.1, 0.15) is 0 Å². The average Bonchev–Trinajstić information content (AvgIpc) is 2.68. The highest BCUT2D eigenvalue weighted by Gasteiger charge is 2.49. The molecule has 2 fully saturated rings. The van der Waals surface area contributed by atoms with E-state index in [1.165, 1.54) is 0 Å². The summed E-state index contributed by atoms with van der Waals surface area (Å²) in [6.07, 6.45) is -5.88. The van der Waals surface area contributed by atoms with E-state index >= 15 is 0 Å². The Balaban J connectivity index is 0.000000296. The molecule has 2 rings (SSSR count). The molecule has 9 heteroatoms. The zero-order valence-electron chi connectivity index (χ0n) is 17.7. The molecule has 0 spiro atoms. The molecule has 0 aromatic heterocycles. The summed E-state index contributed by atoms with van der Waals surface area (Å²) < 4.78 is 91.9. The molecule has 0 radical (unpaired) electrons. The van der Waals surface area contributed by atoms with Crippen molar-refractivity contribution in [3.05, 3.63) is 0 Å². The van der Waals surface area contributed by atoms with Gasteiger partial charge >= 0.3 is 18.3 Å². The second kappa shape index (κ2) is 11.2. The zero-order valence-corrected chi connectivity index (χ0v) is 17.7. The maximum atomic E-state index is 13.3. The number of alkyl halides is 6. The Labute approximate surface area is 169 Å². The van der Waals surface area contributed by atoms with E-state index in [-0.39, 0.29) is 25.9 Å². The first-order chi connectivity index (χ1) is 13.4. The summed E-state index contributed by atoms with van der Waals surface area (Å²) in [7, 11) is 1.77. The van der Waals surface area contributed by atoms with Crippen LogP contribution in [-0.2, 0) is 14.2 Å². The van der Waals surface area contributed by atoms with E-state index in [4.69, 9.17) is 0 Å². The predicted octanol–water partition coefficient (Wildman–Crippen LogP) is 6.71. The smallest absolute Gasteiger partial charge is 0.324 e. The van der Waals surface area contributed by atoms with Crippen LogP contribution in [0.15, 0.2) is 0 Å². The largest absolute Gasteiger partial charge is 0.358 e. The highest BCUT2D eigenvalue weighted by molar-refractivity contribution is 4.82. The summed E-state index contributed by atoms with van der Waals surface area (Å²) in [6, 6.07) is 0. The lowest BCUT2D eigenvalue weighted by Crippen LogP contribution is -2.40. The summed E-state index contributed by atoms with van der Waals surface area (Å²) in [5.74, 6) is -2.45. The fraction of sp³-hybridized carbons (Fsp3) is 1.00. The van der Waals surface area contributed by atoms with Crippen molar-refractivity contribution in [1.29, 1.82) is 0 Å². The molecule has 0 bridgehead atoms. The lowest BCUT2D eigenvalue weighted by molar-refractivity contribution is -0.294. The van der Waals surface area contributed by atoms with Crippen molar-refractivity contribution in [3.8, 4) is 0 Å². The molecule has 174 valence electrons. The number of hydrogen-bond donors (Lipinski definition) is 0. The lowest BCUT2D eigenvalue weighted by Gasteiger charge is -2.35. The van der Waals surface area contributed by atoms with Crippen molar-refractivity contribution in [1.82, 2.24) is 0 Å². The first kappa shape index (κ1) is 26.5. The van der Waals surface area contributed by atoms with Crippen LogP contribution < -0.4 is 0 Å². The van der Waals surface area contributed by atoms with Crippen molar-refractivity contribution < 1.29 is 40.6 Å². The number of halogens is 6. The van der Waals surface area contributed by atoms with E-state index in [9.17, 15) is 26.3 Å². The summed E-state index contributed by atoms with van der Waals surface area (Å²) >= 11 is 0.